The van der Waals surface area contributed by atoms with E-state index in [0.717, 1.165) is 17.8 Å². The molecule has 96 valence electrons. The lowest BCUT2D eigenvalue weighted by molar-refractivity contribution is -0.116. The number of Topliss-reactive ketones (excluding diaryl/α,β-unsaturated/α-hetero) is 1. The fourth-order valence-electron chi connectivity index (χ4n) is 2.32. The molecule has 0 radical (unpaired) electrons. The van der Waals surface area contributed by atoms with Gasteiger partial charge in [0, 0.05) is 30.4 Å². The minimum Gasteiger partial charge on any atom is -0.320 e. The summed E-state index contributed by atoms with van der Waals surface area (Å²) in [6.45, 7) is 4.62. The number of aromatic nitrogens is 1. The van der Waals surface area contributed by atoms with Gasteiger partial charge in [-0.25, -0.2) is 0 Å². The van der Waals surface area contributed by atoms with Gasteiger partial charge in [0.15, 0.2) is 0 Å². The molecule has 0 aromatic carbocycles. The number of fused-ring (bicyclic) bond motifs is 1. The molecule has 0 unspecified atom stereocenters. The Kier molecular flexibility index (Phi) is 3.53. The first-order chi connectivity index (χ1) is 8.47. The highest BCUT2D eigenvalue weighted by Gasteiger charge is 2.09. The highest BCUT2D eigenvalue weighted by molar-refractivity contribution is 5.78. The van der Waals surface area contributed by atoms with Crippen LogP contribution in [0.5, 0.6) is 0 Å². The average molecular weight is 244 g/mol. The molecule has 0 aliphatic carbocycles. The summed E-state index contributed by atoms with van der Waals surface area (Å²) < 4.78 is 2.15. The molecule has 2 aromatic heterocycles. The van der Waals surface area contributed by atoms with Crippen molar-refractivity contribution in [3.63, 3.8) is 0 Å². The Labute approximate surface area is 108 Å². The quantitative estimate of drug-likeness (QED) is 0.825. The molecular formula is C15H20N2O. The largest absolute Gasteiger partial charge is 0.320 e. The number of carbonyl (C=O) groups excluding carboxylic acids is 1. The number of nitrogens with zero attached hydrogens (tertiary/aromatic N) is 2. The Morgan fingerprint density at radius 1 is 1.33 bits per heavy atom. The van der Waals surface area contributed by atoms with Gasteiger partial charge >= 0.3 is 0 Å². The molecule has 2 rings (SSSR count). The van der Waals surface area contributed by atoms with Crippen molar-refractivity contribution in [1.82, 2.24) is 9.30 Å². The molecule has 0 amide bonds. The number of carbonyl (C=O) groups is 1. The van der Waals surface area contributed by atoms with Crippen molar-refractivity contribution < 1.29 is 4.79 Å². The van der Waals surface area contributed by atoms with E-state index in [1.165, 1.54) is 11.1 Å². The van der Waals surface area contributed by atoms with E-state index in [4.69, 9.17) is 0 Å². The van der Waals surface area contributed by atoms with Crippen molar-refractivity contribution in [1.29, 1.82) is 0 Å². The van der Waals surface area contributed by atoms with E-state index in [2.05, 4.69) is 54.7 Å². The molecule has 0 aliphatic rings. The first kappa shape index (κ1) is 12.8. The summed E-state index contributed by atoms with van der Waals surface area (Å²) in [5.41, 5.74) is 4.71. The van der Waals surface area contributed by atoms with E-state index in [-0.39, 0.29) is 5.78 Å². The Hall–Kier alpha value is -1.61. The van der Waals surface area contributed by atoms with Crippen molar-refractivity contribution in [3.05, 3.63) is 41.2 Å². The summed E-state index contributed by atoms with van der Waals surface area (Å²) in [7, 11) is 4.11. The fraction of sp³-hybridized carbons (Fsp3) is 0.400. The zero-order valence-electron chi connectivity index (χ0n) is 11.5. The fourth-order valence-corrected chi connectivity index (χ4v) is 2.32. The van der Waals surface area contributed by atoms with Crippen LogP contribution in [-0.4, -0.2) is 29.2 Å². The molecule has 3 heteroatoms. The summed E-state index contributed by atoms with van der Waals surface area (Å²) in [5.74, 6) is 0.205. The van der Waals surface area contributed by atoms with Gasteiger partial charge in [0.25, 0.3) is 0 Å². The highest BCUT2D eigenvalue weighted by Crippen LogP contribution is 2.18. The van der Waals surface area contributed by atoms with Crippen molar-refractivity contribution in [2.24, 2.45) is 0 Å². The van der Waals surface area contributed by atoms with Crippen LogP contribution in [0.1, 0.15) is 23.7 Å². The van der Waals surface area contributed by atoms with E-state index < -0.39 is 0 Å². The number of aryl methyl sites for hydroxylation is 1. The minimum absolute atomic E-state index is 0.205. The summed E-state index contributed by atoms with van der Waals surface area (Å²) in [4.78, 5) is 13.5. The molecule has 0 saturated heterocycles. The Morgan fingerprint density at radius 3 is 2.67 bits per heavy atom. The predicted molar refractivity (Wildman–Crippen MR) is 73.9 cm³/mol. The van der Waals surface area contributed by atoms with Gasteiger partial charge in [0.1, 0.15) is 5.78 Å². The monoisotopic (exact) mass is 244 g/mol. The van der Waals surface area contributed by atoms with Crippen LogP contribution in [0, 0.1) is 6.92 Å². The molecule has 2 heterocycles. The maximum Gasteiger partial charge on any atom is 0.135 e. The van der Waals surface area contributed by atoms with Gasteiger partial charge in [0.2, 0.25) is 0 Å². The molecule has 0 N–H and O–H groups in total. The number of pyridine rings is 1. The second-order valence-corrected chi connectivity index (χ2v) is 5.22. The number of ketones is 1. The molecule has 0 bridgehead atoms. The van der Waals surface area contributed by atoms with E-state index in [9.17, 15) is 4.79 Å². The molecule has 0 fully saturated rings. The lowest BCUT2D eigenvalue weighted by Gasteiger charge is -2.11. The molecular weight excluding hydrogens is 224 g/mol. The van der Waals surface area contributed by atoms with Gasteiger partial charge in [0.05, 0.1) is 0 Å². The van der Waals surface area contributed by atoms with Crippen molar-refractivity contribution in [2.75, 3.05) is 14.1 Å². The van der Waals surface area contributed by atoms with Crippen LogP contribution in [0.2, 0.25) is 0 Å². The van der Waals surface area contributed by atoms with E-state index >= 15 is 0 Å². The third-order valence-electron chi connectivity index (χ3n) is 3.07. The van der Waals surface area contributed by atoms with Crippen LogP contribution in [0.25, 0.3) is 5.52 Å². The molecule has 18 heavy (non-hydrogen) atoms. The second-order valence-electron chi connectivity index (χ2n) is 5.22. The second kappa shape index (κ2) is 4.94. The van der Waals surface area contributed by atoms with Gasteiger partial charge in [-0.15, -0.1) is 0 Å². The van der Waals surface area contributed by atoms with Crippen molar-refractivity contribution >= 4 is 11.3 Å². The zero-order valence-corrected chi connectivity index (χ0v) is 11.5. The molecule has 2 aromatic rings. The Balaban J connectivity index is 2.48. The van der Waals surface area contributed by atoms with E-state index in [1.807, 2.05) is 0 Å². The van der Waals surface area contributed by atoms with Crippen molar-refractivity contribution in [3.8, 4) is 0 Å². The highest BCUT2D eigenvalue weighted by atomic mass is 16.1. The summed E-state index contributed by atoms with van der Waals surface area (Å²) in [5, 5.41) is 0. The first-order valence-corrected chi connectivity index (χ1v) is 6.21. The number of rotatable bonds is 4. The maximum atomic E-state index is 11.3. The van der Waals surface area contributed by atoms with Crippen LogP contribution in [0.4, 0.5) is 0 Å². The van der Waals surface area contributed by atoms with Gasteiger partial charge in [-0.2, -0.15) is 0 Å². The standard InChI is InChI=1S/C15H20N2O/c1-11-7-14-6-5-13(9-16(3)4)10-17(14)15(11)8-12(2)18/h5-7,10H,8-9H2,1-4H3. The summed E-state index contributed by atoms with van der Waals surface area (Å²) >= 11 is 0. The first-order valence-electron chi connectivity index (χ1n) is 6.21. The Morgan fingerprint density at radius 2 is 2.06 bits per heavy atom. The van der Waals surface area contributed by atoms with Crippen LogP contribution in [0.15, 0.2) is 24.4 Å². The summed E-state index contributed by atoms with van der Waals surface area (Å²) in [6, 6.07) is 6.40. The van der Waals surface area contributed by atoms with Crippen molar-refractivity contribution in [2.45, 2.75) is 26.8 Å². The zero-order chi connectivity index (χ0) is 13.3. The van der Waals surface area contributed by atoms with Gasteiger partial charge in [-0.1, -0.05) is 6.07 Å². The topological polar surface area (TPSA) is 24.7 Å². The molecule has 0 spiro atoms. The average Bonchev–Trinajstić information content (AvgIpc) is 2.54. The number of hydrogen-bond acceptors (Lipinski definition) is 2. The molecule has 0 aliphatic heterocycles. The normalized spacial score (nSPS) is 11.4. The lowest BCUT2D eigenvalue weighted by atomic mass is 10.2. The van der Waals surface area contributed by atoms with Crippen LogP contribution < -0.4 is 0 Å². The smallest absolute Gasteiger partial charge is 0.135 e. The maximum absolute atomic E-state index is 11.3. The number of hydrogen-bond donors (Lipinski definition) is 0. The summed E-state index contributed by atoms with van der Waals surface area (Å²) in [6.07, 6.45) is 2.64. The SMILES string of the molecule is CC(=O)Cc1c(C)cc2ccc(CN(C)C)cn12. The van der Waals surface area contributed by atoms with E-state index in [1.54, 1.807) is 6.92 Å². The molecule has 0 saturated carbocycles. The van der Waals surface area contributed by atoms with Crippen LogP contribution >= 0.6 is 0 Å². The van der Waals surface area contributed by atoms with E-state index in [0.29, 0.717) is 6.42 Å². The Bertz CT molecular complexity index is 581. The molecule has 3 nitrogen and oxygen atoms in total. The van der Waals surface area contributed by atoms with Crippen LogP contribution in [0.3, 0.4) is 0 Å². The van der Waals surface area contributed by atoms with Gasteiger partial charge in [-0.3, -0.25) is 4.79 Å². The predicted octanol–water partition coefficient (Wildman–Crippen LogP) is 2.44. The third kappa shape index (κ3) is 2.62. The molecule has 0 atom stereocenters. The van der Waals surface area contributed by atoms with Gasteiger partial charge in [-0.05, 0) is 51.2 Å². The van der Waals surface area contributed by atoms with Gasteiger partial charge < -0.3 is 9.30 Å². The lowest BCUT2D eigenvalue weighted by Crippen LogP contribution is -2.11. The third-order valence-corrected chi connectivity index (χ3v) is 3.07. The minimum atomic E-state index is 0.205. The van der Waals surface area contributed by atoms with Crippen LogP contribution in [-0.2, 0) is 17.8 Å².